The Hall–Kier alpha value is -2.13. The van der Waals surface area contributed by atoms with Crippen LogP contribution >= 0.6 is 0 Å². The predicted molar refractivity (Wildman–Crippen MR) is 111 cm³/mol. The van der Waals surface area contributed by atoms with Crippen LogP contribution in [0.5, 0.6) is 0 Å². The fraction of sp³-hybridized carbons (Fsp3) is 0.458. The number of benzene rings is 2. The number of ether oxygens (including phenoxy) is 1. The van der Waals surface area contributed by atoms with Crippen LogP contribution in [0.1, 0.15) is 56.6 Å². The summed E-state index contributed by atoms with van der Waals surface area (Å²) in [5.41, 5.74) is 8.22. The van der Waals surface area contributed by atoms with Crippen molar-refractivity contribution in [3.05, 3.63) is 71.8 Å². The highest BCUT2D eigenvalue weighted by Crippen LogP contribution is 2.31. The molecule has 0 fully saturated rings. The zero-order valence-corrected chi connectivity index (χ0v) is 16.6. The van der Waals surface area contributed by atoms with Gasteiger partial charge >= 0.3 is 0 Å². The van der Waals surface area contributed by atoms with E-state index in [-0.39, 0.29) is 11.8 Å². The molecule has 0 aromatic heterocycles. The summed E-state index contributed by atoms with van der Waals surface area (Å²) >= 11 is 0. The molecule has 0 heterocycles. The van der Waals surface area contributed by atoms with Crippen molar-refractivity contribution in [2.45, 2.75) is 52.1 Å². The lowest BCUT2D eigenvalue weighted by Crippen LogP contribution is -2.27. The minimum Gasteiger partial charge on any atom is -0.376 e. The summed E-state index contributed by atoms with van der Waals surface area (Å²) < 4.78 is 5.85. The monoisotopic (exact) mass is 367 g/mol. The molecule has 2 rings (SSSR count). The van der Waals surface area contributed by atoms with Crippen molar-refractivity contribution >= 4 is 5.91 Å². The van der Waals surface area contributed by atoms with Crippen LogP contribution in [0.4, 0.5) is 0 Å². The van der Waals surface area contributed by atoms with E-state index in [2.05, 4.69) is 50.2 Å². The van der Waals surface area contributed by atoms with Gasteiger partial charge in [-0.25, -0.2) is 0 Å². The summed E-state index contributed by atoms with van der Waals surface area (Å²) in [4.78, 5) is 12.1. The summed E-state index contributed by atoms with van der Waals surface area (Å²) in [5.74, 6) is 0.370. The first-order valence-corrected chi connectivity index (χ1v) is 10.1. The second-order valence-corrected chi connectivity index (χ2v) is 7.57. The average molecular weight is 368 g/mol. The number of hydrogen-bond acceptors (Lipinski definition) is 2. The number of rotatable bonds is 12. The van der Waals surface area contributed by atoms with Gasteiger partial charge in [-0.05, 0) is 42.2 Å². The highest BCUT2D eigenvalue weighted by atomic mass is 16.5. The number of primary amides is 1. The van der Waals surface area contributed by atoms with Crippen LogP contribution < -0.4 is 5.73 Å². The summed E-state index contributed by atoms with van der Waals surface area (Å²) in [6.07, 6.45) is 3.76. The van der Waals surface area contributed by atoms with Crippen molar-refractivity contribution in [2.75, 3.05) is 6.61 Å². The minimum absolute atomic E-state index is 0.114. The zero-order valence-electron chi connectivity index (χ0n) is 16.6. The van der Waals surface area contributed by atoms with Crippen molar-refractivity contribution in [3.8, 4) is 0 Å². The standard InChI is InChI=1S/C24H33NO2/c1-3-10-22(21-13-8-5-9-14-21)16-23(24(25)26)15-19(2)17-27-18-20-11-6-4-7-12-20/h4-9,11-14,19,22-23H,3,10,15-18H2,1-2H3,(H2,25,26)/t19-,22?,23?/m0/s1. The molecule has 2 N–H and O–H groups in total. The van der Waals surface area contributed by atoms with Crippen molar-refractivity contribution in [1.29, 1.82) is 0 Å². The lowest BCUT2D eigenvalue weighted by molar-refractivity contribution is -0.122. The first kappa shape index (κ1) is 21.2. The van der Waals surface area contributed by atoms with Crippen LogP contribution in [0.2, 0.25) is 0 Å². The summed E-state index contributed by atoms with van der Waals surface area (Å²) in [7, 11) is 0. The fourth-order valence-electron chi connectivity index (χ4n) is 3.67. The van der Waals surface area contributed by atoms with Gasteiger partial charge in [0.25, 0.3) is 0 Å². The second-order valence-electron chi connectivity index (χ2n) is 7.57. The van der Waals surface area contributed by atoms with Crippen LogP contribution in [0.25, 0.3) is 0 Å². The Bertz CT molecular complexity index is 657. The van der Waals surface area contributed by atoms with Gasteiger partial charge in [0.15, 0.2) is 0 Å². The molecule has 0 aliphatic rings. The lowest BCUT2D eigenvalue weighted by Gasteiger charge is -2.24. The molecular formula is C24H33NO2. The molecule has 0 spiro atoms. The molecule has 0 aliphatic carbocycles. The van der Waals surface area contributed by atoms with E-state index >= 15 is 0 Å². The van der Waals surface area contributed by atoms with Gasteiger partial charge < -0.3 is 10.5 Å². The molecule has 3 heteroatoms. The number of hydrogen-bond donors (Lipinski definition) is 1. The van der Waals surface area contributed by atoms with Crippen LogP contribution in [0.3, 0.4) is 0 Å². The molecule has 3 atom stereocenters. The van der Waals surface area contributed by atoms with Gasteiger partial charge in [0, 0.05) is 12.5 Å². The smallest absolute Gasteiger partial charge is 0.220 e. The molecule has 0 aliphatic heterocycles. The molecule has 146 valence electrons. The van der Waals surface area contributed by atoms with Crippen LogP contribution in [-0.2, 0) is 16.1 Å². The molecule has 2 aromatic rings. The number of nitrogens with two attached hydrogens (primary N) is 1. The van der Waals surface area contributed by atoms with Crippen molar-refractivity contribution < 1.29 is 9.53 Å². The van der Waals surface area contributed by atoms with Crippen LogP contribution in [0, 0.1) is 11.8 Å². The molecule has 2 aromatic carbocycles. The van der Waals surface area contributed by atoms with Gasteiger partial charge in [0.05, 0.1) is 6.61 Å². The van der Waals surface area contributed by atoms with E-state index in [0.717, 1.165) is 25.7 Å². The van der Waals surface area contributed by atoms with Gasteiger partial charge in [0.2, 0.25) is 5.91 Å². The fourth-order valence-corrected chi connectivity index (χ4v) is 3.67. The predicted octanol–water partition coefficient (Wildman–Crippen LogP) is 5.30. The number of carbonyl (C=O) groups is 1. The quantitative estimate of drug-likeness (QED) is 0.553. The Morgan fingerprint density at radius 1 is 1.00 bits per heavy atom. The first-order valence-electron chi connectivity index (χ1n) is 10.1. The molecule has 0 saturated heterocycles. The Labute approximate surface area is 163 Å². The maximum atomic E-state index is 12.1. The molecule has 3 nitrogen and oxygen atoms in total. The zero-order chi connectivity index (χ0) is 19.5. The van der Waals surface area contributed by atoms with E-state index in [1.807, 2.05) is 24.3 Å². The SMILES string of the molecule is CCCC(CC(C[C@H](C)COCc1ccccc1)C(N)=O)c1ccccc1. The third-order valence-corrected chi connectivity index (χ3v) is 5.08. The minimum atomic E-state index is -0.193. The van der Waals surface area contributed by atoms with Crippen LogP contribution in [-0.4, -0.2) is 12.5 Å². The molecule has 2 unspecified atom stereocenters. The Morgan fingerprint density at radius 3 is 2.22 bits per heavy atom. The first-order chi connectivity index (χ1) is 13.1. The molecular weight excluding hydrogens is 334 g/mol. The van der Waals surface area contributed by atoms with E-state index in [1.54, 1.807) is 0 Å². The average Bonchev–Trinajstić information content (AvgIpc) is 2.68. The van der Waals surface area contributed by atoms with E-state index in [0.29, 0.717) is 25.0 Å². The largest absolute Gasteiger partial charge is 0.376 e. The lowest BCUT2D eigenvalue weighted by atomic mass is 9.82. The van der Waals surface area contributed by atoms with Gasteiger partial charge in [-0.1, -0.05) is 80.9 Å². The highest BCUT2D eigenvalue weighted by Gasteiger charge is 2.24. The maximum Gasteiger partial charge on any atom is 0.220 e. The second kappa shape index (κ2) is 11.6. The van der Waals surface area contributed by atoms with Crippen molar-refractivity contribution in [1.82, 2.24) is 0 Å². The summed E-state index contributed by atoms with van der Waals surface area (Å²) in [6.45, 7) is 5.57. The molecule has 1 amide bonds. The summed E-state index contributed by atoms with van der Waals surface area (Å²) in [5, 5.41) is 0. The van der Waals surface area contributed by atoms with E-state index in [9.17, 15) is 4.79 Å². The number of amides is 1. The van der Waals surface area contributed by atoms with E-state index < -0.39 is 0 Å². The van der Waals surface area contributed by atoms with Crippen molar-refractivity contribution in [2.24, 2.45) is 17.6 Å². The molecule has 0 radical (unpaired) electrons. The van der Waals surface area contributed by atoms with E-state index in [1.165, 1.54) is 11.1 Å². The Kier molecular flexibility index (Phi) is 9.06. The molecule has 0 bridgehead atoms. The third-order valence-electron chi connectivity index (χ3n) is 5.08. The van der Waals surface area contributed by atoms with E-state index in [4.69, 9.17) is 10.5 Å². The normalized spacial score (nSPS) is 14.4. The Balaban J connectivity index is 1.88. The van der Waals surface area contributed by atoms with Gasteiger partial charge in [-0.2, -0.15) is 0 Å². The number of carbonyl (C=O) groups excluding carboxylic acids is 1. The van der Waals surface area contributed by atoms with Crippen LogP contribution in [0.15, 0.2) is 60.7 Å². The maximum absolute atomic E-state index is 12.1. The highest BCUT2D eigenvalue weighted by molar-refractivity contribution is 5.76. The van der Waals surface area contributed by atoms with Gasteiger partial charge in [-0.15, -0.1) is 0 Å². The van der Waals surface area contributed by atoms with Gasteiger partial charge in [-0.3, -0.25) is 4.79 Å². The van der Waals surface area contributed by atoms with Gasteiger partial charge in [0.1, 0.15) is 0 Å². The summed E-state index contributed by atoms with van der Waals surface area (Å²) in [6, 6.07) is 20.6. The van der Waals surface area contributed by atoms with Crippen molar-refractivity contribution in [3.63, 3.8) is 0 Å². The third kappa shape index (κ3) is 7.56. The molecule has 27 heavy (non-hydrogen) atoms. The Morgan fingerprint density at radius 2 is 1.63 bits per heavy atom. The topological polar surface area (TPSA) is 52.3 Å². The molecule has 0 saturated carbocycles.